The molecule has 0 bridgehead atoms. The van der Waals surface area contributed by atoms with Crippen molar-refractivity contribution in [1.29, 1.82) is 0 Å². The molecule has 12 heteroatoms. The van der Waals surface area contributed by atoms with Crippen LogP contribution in [0.1, 0.15) is 62.3 Å². The van der Waals surface area contributed by atoms with E-state index in [1.165, 1.54) is 12.4 Å². The number of methoxy groups -OCH3 is 1. The van der Waals surface area contributed by atoms with Crippen molar-refractivity contribution in [2.75, 3.05) is 13.7 Å². The number of primary amides is 1. The first-order valence-electron chi connectivity index (χ1n) is 12.7. The van der Waals surface area contributed by atoms with E-state index in [9.17, 15) is 9.59 Å². The van der Waals surface area contributed by atoms with E-state index in [-0.39, 0.29) is 23.9 Å². The molecular weight excluding hydrogens is 559 g/mol. The highest BCUT2D eigenvalue weighted by Gasteiger charge is 2.49. The third kappa shape index (κ3) is 6.28. The van der Waals surface area contributed by atoms with Crippen LogP contribution in [0.25, 0.3) is 11.5 Å². The van der Waals surface area contributed by atoms with Crippen LogP contribution < -0.4 is 20.5 Å². The summed E-state index contributed by atoms with van der Waals surface area (Å²) in [5.74, 6) is 1.13. The lowest BCUT2D eigenvalue weighted by Crippen LogP contribution is -2.44. The first-order chi connectivity index (χ1) is 18.8. The van der Waals surface area contributed by atoms with Crippen molar-refractivity contribution < 1.29 is 28.2 Å². The molecule has 1 unspecified atom stereocenters. The zero-order valence-electron chi connectivity index (χ0n) is 23.0. The summed E-state index contributed by atoms with van der Waals surface area (Å²) in [7, 11) is 1.56. The zero-order valence-corrected chi connectivity index (χ0v) is 24.5. The van der Waals surface area contributed by atoms with Crippen LogP contribution in [0.4, 0.5) is 4.79 Å². The Morgan fingerprint density at radius 1 is 1.12 bits per heavy atom. The summed E-state index contributed by atoms with van der Waals surface area (Å²) in [6.07, 6.45) is 4.09. The number of benzene rings is 1. The minimum atomic E-state index is -1.47. The molecule has 2 amide bonds. The van der Waals surface area contributed by atoms with Gasteiger partial charge in [-0.15, -0.1) is 0 Å². The molecule has 0 radical (unpaired) electrons. The van der Waals surface area contributed by atoms with E-state index in [0.717, 1.165) is 12.8 Å². The van der Waals surface area contributed by atoms with Gasteiger partial charge in [0.25, 0.3) is 5.91 Å². The Morgan fingerprint density at radius 2 is 1.80 bits per heavy atom. The summed E-state index contributed by atoms with van der Waals surface area (Å²) in [5, 5.41) is 3.36. The van der Waals surface area contributed by atoms with Crippen molar-refractivity contribution in [3.63, 3.8) is 0 Å². The topological polar surface area (TPSA) is 139 Å². The Bertz CT molecular complexity index is 1400. The molecule has 40 heavy (non-hydrogen) atoms. The van der Waals surface area contributed by atoms with E-state index >= 15 is 0 Å². The number of aromatic nitrogens is 2. The summed E-state index contributed by atoms with van der Waals surface area (Å²) in [6.45, 7) is 7.66. The van der Waals surface area contributed by atoms with E-state index in [2.05, 4.69) is 15.3 Å². The largest absolute Gasteiger partial charge is 0.493 e. The van der Waals surface area contributed by atoms with E-state index in [1.807, 2.05) is 20.8 Å². The predicted molar refractivity (Wildman–Crippen MR) is 150 cm³/mol. The predicted octanol–water partition coefficient (Wildman–Crippen LogP) is 6.13. The summed E-state index contributed by atoms with van der Waals surface area (Å²) >= 11 is 12.5. The lowest BCUT2D eigenvalue weighted by Gasteiger charge is -2.38. The maximum absolute atomic E-state index is 13.6. The average Bonchev–Trinajstić information content (AvgIpc) is 3.60. The quantitative estimate of drug-likeness (QED) is 0.287. The standard InChI is InChI=1S/C28H32Cl2N4O6/c1-27(2,3)28(4,40-26(31)36)23-22(24(35)33-11-17-18(29)12-32-13-19(17)30)34-25(39-23)16-8-9-20(37-5)21(10-16)38-14-15-6-7-15/h8-10,12-13,15H,6-7,11,14H2,1-5H3,(H2,31,36)(H,33,35). The molecule has 3 N–H and O–H groups in total. The molecule has 214 valence electrons. The minimum absolute atomic E-state index is 0.00868. The maximum atomic E-state index is 13.6. The van der Waals surface area contributed by atoms with Crippen molar-refractivity contribution in [2.45, 2.75) is 52.7 Å². The molecule has 1 aliphatic carbocycles. The number of pyridine rings is 1. The number of nitrogens with zero attached hydrogens (tertiary/aromatic N) is 2. The first kappa shape index (κ1) is 29.5. The van der Waals surface area contributed by atoms with E-state index in [4.69, 9.17) is 47.6 Å². The van der Waals surface area contributed by atoms with E-state index < -0.39 is 23.0 Å². The van der Waals surface area contributed by atoms with Gasteiger partial charge >= 0.3 is 6.09 Å². The van der Waals surface area contributed by atoms with Gasteiger partial charge in [-0.05, 0) is 43.9 Å². The van der Waals surface area contributed by atoms with Crippen LogP contribution in [0.3, 0.4) is 0 Å². The molecule has 3 aromatic rings. The van der Waals surface area contributed by atoms with Gasteiger partial charge in [0.15, 0.2) is 28.6 Å². The van der Waals surface area contributed by atoms with Crippen LogP contribution in [0.5, 0.6) is 11.5 Å². The fourth-order valence-corrected chi connectivity index (χ4v) is 4.43. The minimum Gasteiger partial charge on any atom is -0.493 e. The van der Waals surface area contributed by atoms with Gasteiger partial charge in [-0.3, -0.25) is 9.78 Å². The van der Waals surface area contributed by atoms with Crippen LogP contribution in [-0.2, 0) is 16.9 Å². The second kappa shape index (κ2) is 11.5. The molecule has 4 rings (SSSR count). The summed E-state index contributed by atoms with van der Waals surface area (Å²) in [4.78, 5) is 34.0. The molecule has 1 saturated carbocycles. The van der Waals surface area contributed by atoms with Crippen molar-refractivity contribution >= 4 is 35.2 Å². The molecule has 2 aromatic heterocycles. The fraction of sp³-hybridized carbons (Fsp3) is 0.429. The number of hydrogen-bond acceptors (Lipinski definition) is 8. The van der Waals surface area contributed by atoms with E-state index in [1.54, 1.807) is 32.2 Å². The second-order valence-corrected chi connectivity index (χ2v) is 11.6. The molecule has 0 spiro atoms. The second-order valence-electron chi connectivity index (χ2n) is 10.8. The highest BCUT2D eigenvalue weighted by atomic mass is 35.5. The Balaban J connectivity index is 1.77. The number of carbonyl (C=O) groups is 2. The van der Waals surface area contributed by atoms with Crippen LogP contribution in [-0.4, -0.2) is 35.7 Å². The van der Waals surface area contributed by atoms with Crippen molar-refractivity contribution in [2.24, 2.45) is 17.1 Å². The van der Waals surface area contributed by atoms with Crippen LogP contribution >= 0.6 is 23.2 Å². The SMILES string of the molecule is COc1ccc(-c2nc(C(=O)NCc3c(Cl)cncc3Cl)c(C(C)(OC(N)=O)C(C)(C)C)o2)cc1OCC1CC1. The van der Waals surface area contributed by atoms with Crippen molar-refractivity contribution in [3.05, 3.63) is 57.7 Å². The monoisotopic (exact) mass is 590 g/mol. The number of nitrogens with one attached hydrogen (secondary N) is 1. The van der Waals surface area contributed by atoms with Crippen molar-refractivity contribution in [1.82, 2.24) is 15.3 Å². The molecular formula is C28H32Cl2N4O6. The van der Waals surface area contributed by atoms with Gasteiger partial charge in [0.2, 0.25) is 5.89 Å². The number of amides is 2. The highest BCUT2D eigenvalue weighted by molar-refractivity contribution is 6.35. The molecule has 0 aliphatic heterocycles. The van der Waals surface area contributed by atoms with Gasteiger partial charge < -0.3 is 29.7 Å². The first-order valence-corrected chi connectivity index (χ1v) is 13.5. The molecule has 1 fully saturated rings. The Hall–Kier alpha value is -3.50. The Labute approximate surface area is 242 Å². The van der Waals surface area contributed by atoms with Crippen LogP contribution in [0.15, 0.2) is 35.0 Å². The number of ether oxygens (including phenoxy) is 3. The number of halogens is 2. The number of rotatable bonds is 10. The number of hydrogen-bond donors (Lipinski definition) is 2. The summed E-state index contributed by atoms with van der Waals surface area (Å²) < 4.78 is 23.3. The fourth-order valence-electron chi connectivity index (χ4n) is 3.94. The smallest absolute Gasteiger partial charge is 0.405 e. The highest BCUT2D eigenvalue weighted by Crippen LogP contribution is 2.45. The zero-order chi connectivity index (χ0) is 29.2. The van der Waals surface area contributed by atoms with Crippen molar-refractivity contribution in [3.8, 4) is 23.0 Å². The molecule has 0 saturated heterocycles. The number of oxazole rings is 1. The number of nitrogens with two attached hydrogens (primary N) is 1. The normalized spacial score (nSPS) is 14.8. The van der Waals surface area contributed by atoms with Gasteiger partial charge in [0, 0.05) is 35.5 Å². The maximum Gasteiger partial charge on any atom is 0.405 e. The lowest BCUT2D eigenvalue weighted by atomic mass is 9.75. The molecule has 1 aliphatic rings. The Morgan fingerprint density at radius 3 is 2.38 bits per heavy atom. The van der Waals surface area contributed by atoms with Gasteiger partial charge in [-0.1, -0.05) is 44.0 Å². The lowest BCUT2D eigenvalue weighted by molar-refractivity contribution is -0.0707. The van der Waals surface area contributed by atoms with Gasteiger partial charge in [0.1, 0.15) is 0 Å². The number of carbonyl (C=O) groups excluding carboxylic acids is 2. The van der Waals surface area contributed by atoms with Gasteiger partial charge in [-0.2, -0.15) is 0 Å². The molecule has 1 aromatic carbocycles. The van der Waals surface area contributed by atoms with Crippen LogP contribution in [0.2, 0.25) is 10.0 Å². The third-order valence-corrected chi connectivity index (χ3v) is 7.62. The third-order valence-electron chi connectivity index (χ3n) is 6.97. The van der Waals surface area contributed by atoms with Crippen LogP contribution in [0, 0.1) is 11.3 Å². The summed E-state index contributed by atoms with van der Waals surface area (Å²) in [6, 6.07) is 5.20. The van der Waals surface area contributed by atoms with Gasteiger partial charge in [0.05, 0.1) is 23.8 Å². The Kier molecular flexibility index (Phi) is 8.51. The average molecular weight is 591 g/mol. The summed E-state index contributed by atoms with van der Waals surface area (Å²) in [5.41, 5.74) is 4.14. The van der Waals surface area contributed by atoms with E-state index in [0.29, 0.717) is 45.2 Å². The molecule has 10 nitrogen and oxygen atoms in total. The molecule has 2 heterocycles. The van der Waals surface area contributed by atoms with Gasteiger partial charge in [-0.25, -0.2) is 9.78 Å². The molecule has 1 atom stereocenters.